The first-order valence-corrected chi connectivity index (χ1v) is 11.0. The van der Waals surface area contributed by atoms with Crippen LogP contribution in [0.3, 0.4) is 0 Å². The minimum Gasteiger partial charge on any atom is -0.437 e. The average molecular weight is 453 g/mol. The van der Waals surface area contributed by atoms with Crippen LogP contribution in [-0.4, -0.2) is 29.5 Å². The Labute approximate surface area is 194 Å². The van der Waals surface area contributed by atoms with Gasteiger partial charge >= 0.3 is 0 Å². The zero-order chi connectivity index (χ0) is 23.4. The van der Waals surface area contributed by atoms with Crippen LogP contribution in [0.2, 0.25) is 0 Å². The maximum Gasteiger partial charge on any atom is 0.230 e. The first-order chi connectivity index (χ1) is 16.5. The third-order valence-corrected chi connectivity index (χ3v) is 6.38. The van der Waals surface area contributed by atoms with Gasteiger partial charge in [0.15, 0.2) is 0 Å². The molecule has 5 aromatic rings. The fourth-order valence-corrected chi connectivity index (χ4v) is 4.53. The van der Waals surface area contributed by atoms with E-state index in [0.717, 1.165) is 40.6 Å². The molecule has 0 unspecified atom stereocenters. The summed E-state index contributed by atoms with van der Waals surface area (Å²) in [5.41, 5.74) is 5.17. The smallest absolute Gasteiger partial charge is 0.230 e. The maximum absolute atomic E-state index is 13.6. The number of fused-ring (bicyclic) bond motifs is 1. The summed E-state index contributed by atoms with van der Waals surface area (Å²) in [6, 6.07) is 10.7. The Morgan fingerprint density at radius 2 is 1.85 bits per heavy atom. The van der Waals surface area contributed by atoms with E-state index in [2.05, 4.69) is 21.1 Å². The first-order valence-electron chi connectivity index (χ1n) is 11.0. The molecule has 0 amide bonds. The van der Waals surface area contributed by atoms with Gasteiger partial charge in [-0.3, -0.25) is 9.36 Å². The first kappa shape index (κ1) is 20.3. The van der Waals surface area contributed by atoms with Gasteiger partial charge in [-0.2, -0.15) is 15.5 Å². The predicted molar refractivity (Wildman–Crippen MR) is 123 cm³/mol. The van der Waals surface area contributed by atoms with Gasteiger partial charge in [0.2, 0.25) is 5.71 Å². The Hall–Kier alpha value is -4.32. The lowest BCUT2D eigenvalue weighted by molar-refractivity contribution is 0.230. The van der Waals surface area contributed by atoms with Crippen molar-refractivity contribution in [3.63, 3.8) is 0 Å². The summed E-state index contributed by atoms with van der Waals surface area (Å²) in [6.07, 6.45) is 6.86. The van der Waals surface area contributed by atoms with E-state index in [-0.39, 0.29) is 17.8 Å². The summed E-state index contributed by atoms with van der Waals surface area (Å²) < 4.78 is 23.3. The number of aryl methyl sites for hydroxylation is 2. The van der Waals surface area contributed by atoms with E-state index in [1.165, 1.54) is 18.5 Å². The van der Waals surface area contributed by atoms with Crippen LogP contribution in [0.5, 0.6) is 0 Å². The SMILES string of the molecule is Cc1nn(C)cc1-c1cc2c(-c3cn(C4CC(C#N)C4)nc3-c3ccc(F)cc3)ncnc2o1. The van der Waals surface area contributed by atoms with Gasteiger partial charge in [0.05, 0.1) is 40.4 Å². The molecule has 1 saturated carbocycles. The molecular formula is C25H20FN7O. The van der Waals surface area contributed by atoms with Crippen LogP contribution >= 0.6 is 0 Å². The number of hydrogen-bond acceptors (Lipinski definition) is 6. The number of aromatic nitrogens is 6. The number of nitriles is 1. The van der Waals surface area contributed by atoms with Crippen molar-refractivity contribution in [1.29, 1.82) is 5.26 Å². The van der Waals surface area contributed by atoms with Gasteiger partial charge in [-0.1, -0.05) is 0 Å². The highest BCUT2D eigenvalue weighted by Crippen LogP contribution is 2.41. The molecule has 168 valence electrons. The third-order valence-electron chi connectivity index (χ3n) is 6.38. The molecule has 34 heavy (non-hydrogen) atoms. The Kier molecular flexibility index (Phi) is 4.55. The van der Waals surface area contributed by atoms with Crippen molar-refractivity contribution in [3.8, 4) is 39.9 Å². The number of hydrogen-bond donors (Lipinski definition) is 0. The fourth-order valence-electron chi connectivity index (χ4n) is 4.53. The van der Waals surface area contributed by atoms with E-state index in [9.17, 15) is 9.65 Å². The monoisotopic (exact) mass is 453 g/mol. The number of rotatable bonds is 4. The lowest BCUT2D eigenvalue weighted by Gasteiger charge is -2.30. The van der Waals surface area contributed by atoms with E-state index in [0.29, 0.717) is 22.9 Å². The molecule has 0 N–H and O–H groups in total. The molecule has 0 atom stereocenters. The van der Waals surface area contributed by atoms with Crippen LogP contribution < -0.4 is 0 Å². The Bertz CT molecular complexity index is 1570. The van der Waals surface area contributed by atoms with E-state index in [4.69, 9.17) is 9.52 Å². The number of benzene rings is 1. The summed E-state index contributed by atoms with van der Waals surface area (Å²) >= 11 is 0. The third kappa shape index (κ3) is 3.27. The second-order valence-electron chi connectivity index (χ2n) is 8.68. The van der Waals surface area contributed by atoms with Crippen molar-refractivity contribution in [2.45, 2.75) is 25.8 Å². The van der Waals surface area contributed by atoms with E-state index in [1.54, 1.807) is 16.8 Å². The summed E-state index contributed by atoms with van der Waals surface area (Å²) in [5.74, 6) is 0.405. The summed E-state index contributed by atoms with van der Waals surface area (Å²) in [6.45, 7) is 1.93. The molecule has 0 spiro atoms. The highest BCUT2D eigenvalue weighted by molar-refractivity contribution is 5.96. The van der Waals surface area contributed by atoms with Crippen molar-refractivity contribution < 1.29 is 8.81 Å². The van der Waals surface area contributed by atoms with Crippen molar-refractivity contribution >= 4 is 11.1 Å². The van der Waals surface area contributed by atoms with Crippen LogP contribution in [-0.2, 0) is 7.05 Å². The molecule has 4 heterocycles. The molecule has 1 aliphatic carbocycles. The van der Waals surface area contributed by atoms with Gasteiger partial charge in [0.1, 0.15) is 23.6 Å². The Balaban J connectivity index is 1.51. The zero-order valence-electron chi connectivity index (χ0n) is 18.6. The largest absolute Gasteiger partial charge is 0.437 e. The second-order valence-corrected chi connectivity index (χ2v) is 8.68. The standard InChI is InChI=1S/C25H20FN7O/c1-14-20(11-32(2)30-14)22-9-19-24(28-13-29-25(19)34-22)21-12-33(18-7-15(8-18)10-27)31-23(21)16-3-5-17(26)6-4-16/h3-6,9,11-13,15,18H,7-8H2,1-2H3. The van der Waals surface area contributed by atoms with E-state index >= 15 is 0 Å². The zero-order valence-corrected chi connectivity index (χ0v) is 18.6. The Morgan fingerprint density at radius 1 is 1.06 bits per heavy atom. The van der Waals surface area contributed by atoms with Crippen LogP contribution in [0.1, 0.15) is 24.6 Å². The van der Waals surface area contributed by atoms with Crippen LogP contribution in [0.15, 0.2) is 53.5 Å². The van der Waals surface area contributed by atoms with Crippen LogP contribution in [0, 0.1) is 30.0 Å². The minimum absolute atomic E-state index is 0.0526. The molecular weight excluding hydrogens is 433 g/mol. The fraction of sp³-hybridized carbons (Fsp3) is 0.240. The van der Waals surface area contributed by atoms with Gasteiger partial charge in [-0.15, -0.1) is 0 Å². The molecule has 0 aliphatic heterocycles. The molecule has 9 heteroatoms. The van der Waals surface area contributed by atoms with Gasteiger partial charge in [-0.25, -0.2) is 14.4 Å². The normalized spacial score (nSPS) is 17.6. The molecule has 1 fully saturated rings. The maximum atomic E-state index is 13.6. The number of halogens is 1. The van der Waals surface area contributed by atoms with Crippen LogP contribution in [0.25, 0.3) is 44.9 Å². The van der Waals surface area contributed by atoms with Gasteiger partial charge in [0, 0.05) is 30.6 Å². The van der Waals surface area contributed by atoms with Crippen molar-refractivity contribution in [3.05, 3.63) is 60.6 Å². The van der Waals surface area contributed by atoms with Crippen molar-refractivity contribution in [1.82, 2.24) is 29.5 Å². The highest BCUT2D eigenvalue weighted by Gasteiger charge is 2.32. The Morgan fingerprint density at radius 3 is 2.56 bits per heavy atom. The molecule has 8 nitrogen and oxygen atoms in total. The quantitative estimate of drug-likeness (QED) is 0.377. The van der Waals surface area contributed by atoms with Gasteiger partial charge in [-0.05, 0) is 50.1 Å². The molecule has 4 aromatic heterocycles. The van der Waals surface area contributed by atoms with Crippen molar-refractivity contribution in [2.24, 2.45) is 13.0 Å². The molecule has 0 radical (unpaired) electrons. The van der Waals surface area contributed by atoms with E-state index < -0.39 is 0 Å². The minimum atomic E-state index is -0.309. The molecule has 1 aliphatic rings. The van der Waals surface area contributed by atoms with Gasteiger partial charge in [0.25, 0.3) is 0 Å². The van der Waals surface area contributed by atoms with E-state index in [1.807, 2.05) is 37.1 Å². The number of furan rings is 1. The average Bonchev–Trinajstić information content (AvgIpc) is 3.49. The summed E-state index contributed by atoms with van der Waals surface area (Å²) in [7, 11) is 1.87. The lowest BCUT2D eigenvalue weighted by Crippen LogP contribution is -2.26. The molecule has 6 rings (SSSR count). The molecule has 1 aromatic carbocycles. The number of nitrogens with zero attached hydrogens (tertiary/aromatic N) is 7. The van der Waals surface area contributed by atoms with Crippen molar-refractivity contribution in [2.75, 3.05) is 0 Å². The predicted octanol–water partition coefficient (Wildman–Crippen LogP) is 5.08. The highest BCUT2D eigenvalue weighted by atomic mass is 19.1. The summed E-state index contributed by atoms with van der Waals surface area (Å²) in [4.78, 5) is 8.93. The molecule has 0 bridgehead atoms. The summed E-state index contributed by atoms with van der Waals surface area (Å²) in [5, 5.41) is 19.2. The lowest BCUT2D eigenvalue weighted by atomic mass is 9.81. The molecule has 0 saturated heterocycles. The second kappa shape index (κ2) is 7.63. The topological polar surface area (TPSA) is 98.3 Å². The van der Waals surface area contributed by atoms with Crippen LogP contribution in [0.4, 0.5) is 4.39 Å². The van der Waals surface area contributed by atoms with Gasteiger partial charge < -0.3 is 4.42 Å².